The van der Waals surface area contributed by atoms with E-state index in [1.165, 1.54) is 7.11 Å². The Morgan fingerprint density at radius 2 is 2.21 bits per heavy atom. The Morgan fingerprint density at radius 3 is 2.84 bits per heavy atom. The first kappa shape index (κ1) is 14.0. The standard InChI is InChI=1S/C13H17NO4S/c1-8(9-4-3-7-18-9)14-12(15)10-5-6-11(19-10)13(16)17-2/h5-6,8-9H,3-4,7H2,1-2H3,(H,14,15)/t8-,9-/m0/s1. The van der Waals surface area contributed by atoms with Crippen molar-refractivity contribution in [3.63, 3.8) is 0 Å². The molecule has 2 atom stereocenters. The van der Waals surface area contributed by atoms with E-state index in [-0.39, 0.29) is 18.1 Å². The number of rotatable bonds is 4. The summed E-state index contributed by atoms with van der Waals surface area (Å²) in [6.45, 7) is 2.69. The van der Waals surface area contributed by atoms with Crippen LogP contribution in [0.5, 0.6) is 0 Å². The van der Waals surface area contributed by atoms with Crippen molar-refractivity contribution in [1.29, 1.82) is 0 Å². The van der Waals surface area contributed by atoms with Crippen LogP contribution in [0.25, 0.3) is 0 Å². The fourth-order valence-corrected chi connectivity index (χ4v) is 2.87. The number of carbonyl (C=O) groups is 2. The summed E-state index contributed by atoms with van der Waals surface area (Å²) in [7, 11) is 1.32. The van der Waals surface area contributed by atoms with E-state index in [0.717, 1.165) is 30.8 Å². The van der Waals surface area contributed by atoms with Crippen molar-refractivity contribution >= 4 is 23.2 Å². The van der Waals surface area contributed by atoms with Crippen molar-refractivity contribution in [2.24, 2.45) is 0 Å². The maximum Gasteiger partial charge on any atom is 0.348 e. The number of amides is 1. The molecule has 0 radical (unpaired) electrons. The third-order valence-corrected chi connectivity index (χ3v) is 4.16. The predicted molar refractivity (Wildman–Crippen MR) is 71.6 cm³/mol. The topological polar surface area (TPSA) is 64.6 Å². The van der Waals surface area contributed by atoms with Crippen molar-refractivity contribution < 1.29 is 19.1 Å². The molecule has 0 unspecified atom stereocenters. The zero-order valence-electron chi connectivity index (χ0n) is 11.0. The Balaban J connectivity index is 1.95. The maximum atomic E-state index is 12.0. The van der Waals surface area contributed by atoms with Crippen molar-refractivity contribution in [2.45, 2.75) is 31.9 Å². The summed E-state index contributed by atoms with van der Waals surface area (Å²) in [5, 5.41) is 2.90. The van der Waals surface area contributed by atoms with Crippen LogP contribution < -0.4 is 5.32 Å². The van der Waals surface area contributed by atoms with Gasteiger partial charge in [-0.1, -0.05) is 0 Å². The summed E-state index contributed by atoms with van der Waals surface area (Å²) in [4.78, 5) is 24.3. The minimum absolute atomic E-state index is 0.0290. The Bertz CT molecular complexity index is 465. The van der Waals surface area contributed by atoms with E-state index in [1.807, 2.05) is 6.92 Å². The summed E-state index contributed by atoms with van der Waals surface area (Å²) in [5.41, 5.74) is 0. The Labute approximate surface area is 115 Å². The Hall–Kier alpha value is -1.40. The quantitative estimate of drug-likeness (QED) is 0.856. The van der Waals surface area contributed by atoms with E-state index in [0.29, 0.717) is 9.75 Å². The zero-order valence-corrected chi connectivity index (χ0v) is 11.8. The van der Waals surface area contributed by atoms with Crippen LogP contribution in [0.15, 0.2) is 12.1 Å². The van der Waals surface area contributed by atoms with Gasteiger partial charge in [-0.05, 0) is 31.9 Å². The van der Waals surface area contributed by atoms with Crippen LogP contribution in [0.1, 0.15) is 39.1 Å². The van der Waals surface area contributed by atoms with Crippen LogP contribution in [-0.4, -0.2) is 37.7 Å². The molecule has 19 heavy (non-hydrogen) atoms. The average Bonchev–Trinajstić information content (AvgIpc) is 3.08. The lowest BCUT2D eigenvalue weighted by Crippen LogP contribution is -2.40. The van der Waals surface area contributed by atoms with Crippen molar-refractivity contribution in [3.8, 4) is 0 Å². The zero-order chi connectivity index (χ0) is 13.8. The minimum atomic E-state index is -0.420. The molecule has 1 aromatic heterocycles. The van der Waals surface area contributed by atoms with Crippen LogP contribution in [0.2, 0.25) is 0 Å². The molecule has 2 heterocycles. The molecule has 0 saturated carbocycles. The van der Waals surface area contributed by atoms with Gasteiger partial charge < -0.3 is 14.8 Å². The third-order valence-electron chi connectivity index (χ3n) is 3.10. The first-order valence-electron chi connectivity index (χ1n) is 6.22. The molecule has 104 valence electrons. The Morgan fingerprint density at radius 1 is 1.47 bits per heavy atom. The number of thiophene rings is 1. The molecule has 1 saturated heterocycles. The molecule has 0 bridgehead atoms. The highest BCUT2D eigenvalue weighted by molar-refractivity contribution is 7.15. The number of methoxy groups -OCH3 is 1. The lowest BCUT2D eigenvalue weighted by Gasteiger charge is -2.19. The molecule has 1 aromatic rings. The lowest BCUT2D eigenvalue weighted by molar-refractivity contribution is 0.0606. The summed E-state index contributed by atoms with van der Waals surface area (Å²) in [5.74, 6) is -0.598. The molecular weight excluding hydrogens is 266 g/mol. The van der Waals surface area contributed by atoms with E-state index in [4.69, 9.17) is 4.74 Å². The molecule has 1 aliphatic heterocycles. The van der Waals surface area contributed by atoms with Gasteiger partial charge in [0, 0.05) is 6.61 Å². The van der Waals surface area contributed by atoms with E-state index in [1.54, 1.807) is 12.1 Å². The fourth-order valence-electron chi connectivity index (χ4n) is 2.04. The lowest BCUT2D eigenvalue weighted by atomic mass is 10.1. The van der Waals surface area contributed by atoms with Gasteiger partial charge in [-0.2, -0.15) is 0 Å². The molecule has 0 aliphatic carbocycles. The normalized spacial score (nSPS) is 20.0. The largest absolute Gasteiger partial charge is 0.465 e. The highest BCUT2D eigenvalue weighted by atomic mass is 32.1. The van der Waals surface area contributed by atoms with Gasteiger partial charge in [0.05, 0.1) is 24.1 Å². The minimum Gasteiger partial charge on any atom is -0.465 e. The van der Waals surface area contributed by atoms with Gasteiger partial charge in [-0.15, -0.1) is 11.3 Å². The number of ether oxygens (including phenoxy) is 2. The van der Waals surface area contributed by atoms with E-state index in [2.05, 4.69) is 10.1 Å². The highest BCUT2D eigenvalue weighted by Crippen LogP contribution is 2.19. The molecule has 6 heteroatoms. The van der Waals surface area contributed by atoms with Gasteiger partial charge in [0.25, 0.3) is 5.91 Å². The number of hydrogen-bond donors (Lipinski definition) is 1. The molecule has 1 amide bonds. The highest BCUT2D eigenvalue weighted by Gasteiger charge is 2.24. The van der Waals surface area contributed by atoms with E-state index < -0.39 is 5.97 Å². The molecule has 0 spiro atoms. The second-order valence-electron chi connectivity index (χ2n) is 4.47. The van der Waals surface area contributed by atoms with Gasteiger partial charge in [0.15, 0.2) is 0 Å². The Kier molecular flexibility index (Phi) is 4.55. The molecular formula is C13H17NO4S. The van der Waals surface area contributed by atoms with Crippen LogP contribution >= 0.6 is 11.3 Å². The monoisotopic (exact) mass is 283 g/mol. The van der Waals surface area contributed by atoms with Gasteiger partial charge in [-0.25, -0.2) is 4.79 Å². The smallest absolute Gasteiger partial charge is 0.348 e. The number of carbonyl (C=O) groups excluding carboxylic acids is 2. The van der Waals surface area contributed by atoms with Crippen molar-refractivity contribution in [3.05, 3.63) is 21.9 Å². The van der Waals surface area contributed by atoms with Gasteiger partial charge >= 0.3 is 5.97 Å². The van der Waals surface area contributed by atoms with Gasteiger partial charge in [0.2, 0.25) is 0 Å². The van der Waals surface area contributed by atoms with Crippen LogP contribution in [0.4, 0.5) is 0 Å². The molecule has 5 nitrogen and oxygen atoms in total. The number of hydrogen-bond acceptors (Lipinski definition) is 5. The van der Waals surface area contributed by atoms with E-state index in [9.17, 15) is 9.59 Å². The summed E-state index contributed by atoms with van der Waals surface area (Å²) in [6, 6.07) is 3.20. The third kappa shape index (κ3) is 3.33. The summed E-state index contributed by atoms with van der Waals surface area (Å²) in [6.07, 6.45) is 2.10. The van der Waals surface area contributed by atoms with Crippen molar-refractivity contribution in [1.82, 2.24) is 5.32 Å². The molecule has 1 fully saturated rings. The molecule has 1 N–H and O–H groups in total. The fraction of sp³-hybridized carbons (Fsp3) is 0.538. The maximum absolute atomic E-state index is 12.0. The number of esters is 1. The summed E-state index contributed by atoms with van der Waals surface area (Å²) < 4.78 is 10.1. The molecule has 0 aromatic carbocycles. The summed E-state index contributed by atoms with van der Waals surface area (Å²) >= 11 is 1.13. The molecule has 1 aliphatic rings. The predicted octanol–water partition coefficient (Wildman–Crippen LogP) is 1.83. The number of nitrogens with one attached hydrogen (secondary N) is 1. The van der Waals surface area contributed by atoms with Crippen LogP contribution in [0, 0.1) is 0 Å². The van der Waals surface area contributed by atoms with Crippen molar-refractivity contribution in [2.75, 3.05) is 13.7 Å². The second-order valence-corrected chi connectivity index (χ2v) is 5.55. The first-order chi connectivity index (χ1) is 9.11. The second kappa shape index (κ2) is 6.16. The SMILES string of the molecule is COC(=O)c1ccc(C(=O)N[C@@H](C)[C@@H]2CCCO2)s1. The van der Waals surface area contributed by atoms with Gasteiger partial charge in [0.1, 0.15) is 4.88 Å². The first-order valence-corrected chi connectivity index (χ1v) is 7.04. The van der Waals surface area contributed by atoms with Crippen LogP contribution in [0.3, 0.4) is 0 Å². The molecule has 2 rings (SSSR count). The van der Waals surface area contributed by atoms with Gasteiger partial charge in [-0.3, -0.25) is 4.79 Å². The van der Waals surface area contributed by atoms with Crippen LogP contribution in [-0.2, 0) is 9.47 Å². The average molecular weight is 283 g/mol. The van der Waals surface area contributed by atoms with E-state index >= 15 is 0 Å².